The maximum absolute atomic E-state index is 4.14. The van der Waals surface area contributed by atoms with Crippen LogP contribution < -0.4 is 0 Å². The molecule has 1 aromatic carbocycles. The van der Waals surface area contributed by atoms with Gasteiger partial charge in [-0.05, 0) is 30.7 Å². The van der Waals surface area contributed by atoms with E-state index in [0.717, 1.165) is 16.9 Å². The number of azo groups is 1. The van der Waals surface area contributed by atoms with Gasteiger partial charge in [0.1, 0.15) is 5.69 Å². The van der Waals surface area contributed by atoms with Crippen molar-refractivity contribution in [2.75, 3.05) is 0 Å². The first-order chi connectivity index (χ1) is 7.36. The van der Waals surface area contributed by atoms with Crippen molar-refractivity contribution < 1.29 is 0 Å². The largest absolute Gasteiger partial charge is 0.262 e. The number of benzene rings is 1. The third-order valence-corrected chi connectivity index (χ3v) is 2.04. The summed E-state index contributed by atoms with van der Waals surface area (Å²) in [5.41, 5.74) is 2.73. The number of aryl methyl sites for hydroxylation is 1. The van der Waals surface area contributed by atoms with Crippen molar-refractivity contribution in [3.8, 4) is 0 Å². The van der Waals surface area contributed by atoms with Gasteiger partial charge >= 0.3 is 0 Å². The molecule has 0 fully saturated rings. The zero-order valence-corrected chi connectivity index (χ0v) is 8.46. The van der Waals surface area contributed by atoms with E-state index in [1.165, 1.54) is 0 Å². The Hall–Kier alpha value is -2.03. The summed E-state index contributed by atoms with van der Waals surface area (Å²) in [6.45, 7) is 1.99. The second kappa shape index (κ2) is 4.46. The minimum Gasteiger partial charge on any atom is -0.262 e. The monoisotopic (exact) mass is 197 g/mol. The molecule has 0 saturated carbocycles. The highest BCUT2D eigenvalue weighted by atomic mass is 15.1. The van der Waals surface area contributed by atoms with E-state index in [-0.39, 0.29) is 0 Å². The summed E-state index contributed by atoms with van der Waals surface area (Å²) in [7, 11) is 0. The smallest absolute Gasteiger partial charge is 0.107 e. The number of aromatic nitrogens is 1. The lowest BCUT2D eigenvalue weighted by Gasteiger charge is -1.95. The molecule has 2 rings (SSSR count). The Morgan fingerprint density at radius 3 is 2.53 bits per heavy atom. The van der Waals surface area contributed by atoms with Gasteiger partial charge in [-0.15, -0.1) is 5.11 Å². The Labute approximate surface area is 88.5 Å². The van der Waals surface area contributed by atoms with Crippen LogP contribution in [0.5, 0.6) is 0 Å². The highest BCUT2D eigenvalue weighted by Crippen LogP contribution is 2.19. The molecule has 0 spiro atoms. The van der Waals surface area contributed by atoms with Crippen molar-refractivity contribution in [2.24, 2.45) is 10.2 Å². The van der Waals surface area contributed by atoms with Crippen LogP contribution in [0.1, 0.15) is 5.56 Å². The minimum absolute atomic E-state index is 0.807. The van der Waals surface area contributed by atoms with Crippen molar-refractivity contribution in [1.29, 1.82) is 0 Å². The molecule has 0 amide bonds. The molecule has 0 N–H and O–H groups in total. The van der Waals surface area contributed by atoms with Crippen molar-refractivity contribution in [3.05, 3.63) is 54.4 Å². The van der Waals surface area contributed by atoms with E-state index in [9.17, 15) is 0 Å². The molecular weight excluding hydrogens is 186 g/mol. The SMILES string of the molecule is Cc1ccncc1N=Nc1ccccc1. The Balaban J connectivity index is 2.23. The quantitative estimate of drug-likeness (QED) is 0.674. The van der Waals surface area contributed by atoms with Crippen LogP contribution in [0.3, 0.4) is 0 Å². The Morgan fingerprint density at radius 2 is 1.80 bits per heavy atom. The molecule has 0 bridgehead atoms. The summed E-state index contributed by atoms with van der Waals surface area (Å²) < 4.78 is 0. The first-order valence-corrected chi connectivity index (χ1v) is 4.73. The fourth-order valence-electron chi connectivity index (χ4n) is 1.17. The second-order valence-electron chi connectivity index (χ2n) is 3.20. The van der Waals surface area contributed by atoms with Crippen LogP contribution in [0.4, 0.5) is 11.4 Å². The topological polar surface area (TPSA) is 37.6 Å². The third kappa shape index (κ3) is 2.47. The first kappa shape index (κ1) is 9.52. The van der Waals surface area contributed by atoms with Gasteiger partial charge in [0.25, 0.3) is 0 Å². The Bertz CT molecular complexity index is 463. The molecule has 0 saturated heterocycles. The lowest BCUT2D eigenvalue weighted by Crippen LogP contribution is -1.74. The van der Waals surface area contributed by atoms with E-state index in [1.54, 1.807) is 12.4 Å². The predicted molar refractivity (Wildman–Crippen MR) is 59.6 cm³/mol. The molecule has 3 heteroatoms. The van der Waals surface area contributed by atoms with E-state index in [4.69, 9.17) is 0 Å². The van der Waals surface area contributed by atoms with Crippen LogP contribution in [-0.4, -0.2) is 4.98 Å². The maximum atomic E-state index is 4.14. The first-order valence-electron chi connectivity index (χ1n) is 4.73. The zero-order valence-electron chi connectivity index (χ0n) is 8.46. The summed E-state index contributed by atoms with van der Waals surface area (Å²) in [5, 5.41) is 8.26. The molecule has 74 valence electrons. The van der Waals surface area contributed by atoms with Gasteiger partial charge < -0.3 is 0 Å². The van der Waals surface area contributed by atoms with Gasteiger partial charge in [0.15, 0.2) is 0 Å². The Kier molecular flexibility index (Phi) is 2.83. The lowest BCUT2D eigenvalue weighted by atomic mass is 10.3. The molecule has 0 atom stereocenters. The fraction of sp³-hybridized carbons (Fsp3) is 0.0833. The predicted octanol–water partition coefficient (Wildman–Crippen LogP) is 3.81. The number of rotatable bonds is 2. The molecule has 0 aliphatic heterocycles. The minimum atomic E-state index is 0.807. The lowest BCUT2D eigenvalue weighted by molar-refractivity contribution is 1.17. The molecule has 1 heterocycles. The summed E-state index contributed by atoms with van der Waals surface area (Å²) in [6.07, 6.45) is 3.46. The summed E-state index contributed by atoms with van der Waals surface area (Å²) >= 11 is 0. The highest BCUT2D eigenvalue weighted by Gasteiger charge is 1.94. The fourth-order valence-corrected chi connectivity index (χ4v) is 1.17. The maximum Gasteiger partial charge on any atom is 0.107 e. The number of hydrogen-bond acceptors (Lipinski definition) is 3. The standard InChI is InChI=1S/C12H11N3/c1-10-7-8-13-9-12(10)15-14-11-5-3-2-4-6-11/h2-9H,1H3. The molecule has 2 aromatic rings. The van der Waals surface area contributed by atoms with E-state index < -0.39 is 0 Å². The molecule has 0 radical (unpaired) electrons. The highest BCUT2D eigenvalue weighted by molar-refractivity contribution is 5.43. The van der Waals surface area contributed by atoms with Gasteiger partial charge in [0.05, 0.1) is 11.9 Å². The molecule has 0 aliphatic carbocycles. The Morgan fingerprint density at radius 1 is 1.00 bits per heavy atom. The van der Waals surface area contributed by atoms with Crippen molar-refractivity contribution in [1.82, 2.24) is 4.98 Å². The normalized spacial score (nSPS) is 10.7. The molecular formula is C12H11N3. The van der Waals surface area contributed by atoms with Crippen LogP contribution in [0, 0.1) is 6.92 Å². The van der Waals surface area contributed by atoms with E-state index in [2.05, 4.69) is 15.2 Å². The van der Waals surface area contributed by atoms with Gasteiger partial charge in [0.2, 0.25) is 0 Å². The third-order valence-electron chi connectivity index (χ3n) is 2.04. The van der Waals surface area contributed by atoms with Crippen molar-refractivity contribution in [3.63, 3.8) is 0 Å². The molecule has 3 nitrogen and oxygen atoms in total. The molecule has 0 aliphatic rings. The van der Waals surface area contributed by atoms with E-state index in [0.29, 0.717) is 0 Å². The summed E-state index contributed by atoms with van der Waals surface area (Å²) in [4.78, 5) is 4.00. The second-order valence-corrected chi connectivity index (χ2v) is 3.20. The summed E-state index contributed by atoms with van der Waals surface area (Å²) in [5.74, 6) is 0. The molecule has 0 unspecified atom stereocenters. The van der Waals surface area contributed by atoms with Crippen molar-refractivity contribution >= 4 is 11.4 Å². The zero-order chi connectivity index (χ0) is 10.5. The van der Waals surface area contributed by atoms with Crippen LogP contribution in [-0.2, 0) is 0 Å². The van der Waals surface area contributed by atoms with E-state index >= 15 is 0 Å². The van der Waals surface area contributed by atoms with Gasteiger partial charge in [-0.25, -0.2) is 0 Å². The number of pyridine rings is 1. The van der Waals surface area contributed by atoms with Crippen molar-refractivity contribution in [2.45, 2.75) is 6.92 Å². The number of nitrogens with zero attached hydrogens (tertiary/aromatic N) is 3. The summed E-state index contributed by atoms with van der Waals surface area (Å²) in [6, 6.07) is 11.6. The van der Waals surface area contributed by atoms with Gasteiger partial charge in [-0.3, -0.25) is 4.98 Å². The van der Waals surface area contributed by atoms with E-state index in [1.807, 2.05) is 43.3 Å². The van der Waals surface area contributed by atoms with Crippen LogP contribution in [0.15, 0.2) is 59.0 Å². The molecule has 1 aromatic heterocycles. The average molecular weight is 197 g/mol. The van der Waals surface area contributed by atoms with Crippen LogP contribution in [0.25, 0.3) is 0 Å². The molecule has 15 heavy (non-hydrogen) atoms. The van der Waals surface area contributed by atoms with Gasteiger partial charge in [-0.2, -0.15) is 5.11 Å². The average Bonchev–Trinajstić information content (AvgIpc) is 2.29. The van der Waals surface area contributed by atoms with Gasteiger partial charge in [-0.1, -0.05) is 18.2 Å². The van der Waals surface area contributed by atoms with Crippen LogP contribution in [0.2, 0.25) is 0 Å². The van der Waals surface area contributed by atoms with Gasteiger partial charge in [0, 0.05) is 6.20 Å². The van der Waals surface area contributed by atoms with Crippen LogP contribution >= 0.6 is 0 Å². The number of hydrogen-bond donors (Lipinski definition) is 0.